The Bertz CT molecular complexity index is 875. The summed E-state index contributed by atoms with van der Waals surface area (Å²) < 4.78 is 0. The molecule has 2 atom stereocenters. The van der Waals surface area contributed by atoms with Crippen molar-refractivity contribution in [3.05, 3.63) is 35.0 Å². The van der Waals surface area contributed by atoms with E-state index in [4.69, 9.17) is 0 Å². The molecule has 0 spiro atoms. The second kappa shape index (κ2) is 6.60. The minimum absolute atomic E-state index is 0.454. The Morgan fingerprint density at radius 2 is 2.00 bits per heavy atom. The highest BCUT2D eigenvalue weighted by Gasteiger charge is 2.44. The summed E-state index contributed by atoms with van der Waals surface area (Å²) in [5.41, 5.74) is 6.42. The molecule has 28 heavy (non-hydrogen) atoms. The molecule has 3 nitrogen and oxygen atoms in total. The van der Waals surface area contributed by atoms with Gasteiger partial charge in [-0.15, -0.1) is 0 Å². The van der Waals surface area contributed by atoms with Gasteiger partial charge in [-0.2, -0.15) is 0 Å². The summed E-state index contributed by atoms with van der Waals surface area (Å²) in [6.07, 6.45) is 9.69. The maximum atomic E-state index is 3.80. The lowest BCUT2D eigenvalue weighted by atomic mass is 9.63. The van der Waals surface area contributed by atoms with Crippen LogP contribution in [0.1, 0.15) is 55.8 Å². The summed E-state index contributed by atoms with van der Waals surface area (Å²) in [7, 11) is 0. The number of nitrogens with one attached hydrogen (secondary N) is 2. The van der Waals surface area contributed by atoms with Gasteiger partial charge in [0, 0.05) is 36.2 Å². The molecule has 150 valence electrons. The molecule has 1 aromatic carbocycles. The maximum Gasteiger partial charge on any atom is 0.0459 e. The molecular formula is C25H35N3. The van der Waals surface area contributed by atoms with Gasteiger partial charge in [-0.25, -0.2) is 0 Å². The Morgan fingerprint density at radius 3 is 2.82 bits per heavy atom. The molecule has 0 radical (unpaired) electrons. The molecule has 3 aliphatic carbocycles. The van der Waals surface area contributed by atoms with Gasteiger partial charge in [0.25, 0.3) is 0 Å². The average molecular weight is 378 g/mol. The minimum atomic E-state index is 0.454. The van der Waals surface area contributed by atoms with Gasteiger partial charge in [0.05, 0.1) is 0 Å². The Hall–Kier alpha value is -1.32. The molecule has 3 heteroatoms. The van der Waals surface area contributed by atoms with Crippen LogP contribution in [0, 0.1) is 23.2 Å². The largest absolute Gasteiger partial charge is 0.358 e. The van der Waals surface area contributed by atoms with E-state index in [1.807, 2.05) is 0 Å². The van der Waals surface area contributed by atoms with E-state index >= 15 is 0 Å². The Kier molecular flexibility index (Phi) is 4.13. The fourth-order valence-electron chi connectivity index (χ4n) is 6.01. The first kappa shape index (κ1) is 17.5. The van der Waals surface area contributed by atoms with Crippen LogP contribution in [0.15, 0.2) is 18.2 Å². The van der Waals surface area contributed by atoms with Gasteiger partial charge in [0.2, 0.25) is 0 Å². The van der Waals surface area contributed by atoms with Crippen molar-refractivity contribution in [1.82, 2.24) is 15.2 Å². The van der Waals surface area contributed by atoms with Crippen LogP contribution in [0.4, 0.5) is 0 Å². The zero-order valence-electron chi connectivity index (χ0n) is 17.4. The first-order valence-corrected chi connectivity index (χ1v) is 11.7. The number of nitrogens with zero attached hydrogens (tertiary/aromatic N) is 1. The molecule has 2 heterocycles. The number of likely N-dealkylation sites (tertiary alicyclic amines) is 1. The lowest BCUT2D eigenvalue weighted by Gasteiger charge is -2.49. The highest BCUT2D eigenvalue weighted by molar-refractivity contribution is 5.85. The summed E-state index contributed by atoms with van der Waals surface area (Å²) in [5.74, 6) is 2.81. The molecule has 2 N–H and O–H groups in total. The lowest BCUT2D eigenvalue weighted by Crippen LogP contribution is -2.51. The van der Waals surface area contributed by atoms with Gasteiger partial charge in [-0.3, -0.25) is 0 Å². The van der Waals surface area contributed by atoms with E-state index in [1.54, 1.807) is 5.56 Å². The average Bonchev–Trinajstić information content (AvgIpc) is 3.60. The van der Waals surface area contributed by atoms with Crippen LogP contribution in [0.5, 0.6) is 0 Å². The SMILES string of the molecule is CC12Cc3c([nH]c4ccc(CNCC5CC5)cc34)CC1CCN(CC1CC1)C2. The van der Waals surface area contributed by atoms with Crippen molar-refractivity contribution in [3.8, 4) is 0 Å². The summed E-state index contributed by atoms with van der Waals surface area (Å²) in [6, 6.07) is 7.11. The van der Waals surface area contributed by atoms with Crippen LogP contribution in [-0.2, 0) is 19.4 Å². The van der Waals surface area contributed by atoms with E-state index in [-0.39, 0.29) is 0 Å². The molecule has 3 fully saturated rings. The van der Waals surface area contributed by atoms with Gasteiger partial charge >= 0.3 is 0 Å². The van der Waals surface area contributed by atoms with Crippen LogP contribution < -0.4 is 5.32 Å². The second-order valence-electron chi connectivity index (χ2n) is 10.7. The normalized spacial score (nSPS) is 30.4. The van der Waals surface area contributed by atoms with Crippen molar-refractivity contribution >= 4 is 10.9 Å². The van der Waals surface area contributed by atoms with Crippen molar-refractivity contribution in [3.63, 3.8) is 0 Å². The number of benzene rings is 1. The highest BCUT2D eigenvalue weighted by Crippen LogP contribution is 2.47. The number of fused-ring (bicyclic) bond motifs is 4. The number of rotatable bonds is 6. The monoisotopic (exact) mass is 377 g/mol. The summed E-state index contributed by atoms with van der Waals surface area (Å²) in [5, 5.41) is 5.17. The number of hydrogen-bond acceptors (Lipinski definition) is 2. The van der Waals surface area contributed by atoms with Gasteiger partial charge < -0.3 is 15.2 Å². The molecule has 6 rings (SSSR count). The molecule has 2 aromatic rings. The maximum absolute atomic E-state index is 3.80. The predicted molar refractivity (Wildman–Crippen MR) is 116 cm³/mol. The fraction of sp³-hybridized carbons (Fsp3) is 0.680. The van der Waals surface area contributed by atoms with Gasteiger partial charge in [0.15, 0.2) is 0 Å². The fourth-order valence-corrected chi connectivity index (χ4v) is 6.01. The van der Waals surface area contributed by atoms with Crippen molar-refractivity contribution in [1.29, 1.82) is 0 Å². The zero-order valence-corrected chi connectivity index (χ0v) is 17.4. The van der Waals surface area contributed by atoms with Gasteiger partial charge in [-0.05, 0) is 104 Å². The summed E-state index contributed by atoms with van der Waals surface area (Å²) in [4.78, 5) is 6.59. The second-order valence-corrected chi connectivity index (χ2v) is 10.7. The number of aromatic amines is 1. The van der Waals surface area contributed by atoms with Crippen molar-refractivity contribution in [2.75, 3.05) is 26.2 Å². The van der Waals surface area contributed by atoms with Crippen molar-refractivity contribution in [2.45, 2.75) is 58.4 Å². The summed E-state index contributed by atoms with van der Waals surface area (Å²) >= 11 is 0. The van der Waals surface area contributed by atoms with Crippen LogP contribution in [0.3, 0.4) is 0 Å². The number of H-pyrrole nitrogens is 1. The van der Waals surface area contributed by atoms with E-state index in [2.05, 4.69) is 40.3 Å². The van der Waals surface area contributed by atoms with Crippen molar-refractivity contribution < 1.29 is 0 Å². The Balaban J connectivity index is 1.24. The smallest absolute Gasteiger partial charge is 0.0459 e. The molecule has 2 saturated carbocycles. The number of hydrogen-bond donors (Lipinski definition) is 2. The molecule has 4 aliphatic rings. The molecule has 0 amide bonds. The number of aromatic nitrogens is 1. The van der Waals surface area contributed by atoms with E-state index in [0.717, 1.165) is 24.3 Å². The zero-order chi connectivity index (χ0) is 18.7. The lowest BCUT2D eigenvalue weighted by molar-refractivity contribution is 0.0311. The van der Waals surface area contributed by atoms with E-state index in [1.165, 1.54) is 93.3 Å². The molecular weight excluding hydrogens is 342 g/mol. The number of piperidine rings is 1. The van der Waals surface area contributed by atoms with Crippen LogP contribution in [0.2, 0.25) is 0 Å². The van der Waals surface area contributed by atoms with E-state index < -0.39 is 0 Å². The Morgan fingerprint density at radius 1 is 1.14 bits per heavy atom. The first-order valence-electron chi connectivity index (χ1n) is 11.7. The first-order chi connectivity index (χ1) is 13.7. The summed E-state index contributed by atoms with van der Waals surface area (Å²) in [6.45, 7) is 8.78. The Labute approximate surface area is 169 Å². The van der Waals surface area contributed by atoms with Gasteiger partial charge in [-0.1, -0.05) is 13.0 Å². The van der Waals surface area contributed by atoms with Crippen LogP contribution in [-0.4, -0.2) is 36.1 Å². The molecule has 1 saturated heterocycles. The van der Waals surface area contributed by atoms with E-state index in [9.17, 15) is 0 Å². The third kappa shape index (κ3) is 3.31. The predicted octanol–water partition coefficient (Wildman–Crippen LogP) is 4.50. The van der Waals surface area contributed by atoms with E-state index in [0.29, 0.717) is 5.41 Å². The molecule has 1 aliphatic heterocycles. The minimum Gasteiger partial charge on any atom is -0.358 e. The van der Waals surface area contributed by atoms with Crippen molar-refractivity contribution in [2.24, 2.45) is 23.2 Å². The van der Waals surface area contributed by atoms with Gasteiger partial charge in [0.1, 0.15) is 0 Å². The third-order valence-electron chi connectivity index (χ3n) is 8.13. The van der Waals surface area contributed by atoms with Crippen LogP contribution >= 0.6 is 0 Å². The van der Waals surface area contributed by atoms with Crippen LogP contribution in [0.25, 0.3) is 10.9 Å². The third-order valence-corrected chi connectivity index (χ3v) is 8.13. The molecule has 1 aromatic heterocycles. The standard InChI is InChI=1S/C25H35N3/c1-25-12-22-21-10-19(14-26-13-17-2-3-17)6-7-23(21)27-24(22)11-20(25)8-9-28(16-25)15-18-4-5-18/h6-7,10,17-18,20,26-27H,2-5,8-9,11-16H2,1H3. The molecule has 0 bridgehead atoms. The molecule has 2 unspecified atom stereocenters. The highest BCUT2D eigenvalue weighted by atomic mass is 15.1. The quantitative estimate of drug-likeness (QED) is 0.776. The topological polar surface area (TPSA) is 31.1 Å².